The zero-order chi connectivity index (χ0) is 43.3. The van der Waals surface area contributed by atoms with Crippen LogP contribution in [0.5, 0.6) is 0 Å². The number of amides is 1. The van der Waals surface area contributed by atoms with Gasteiger partial charge in [0.05, 0.1) is 32.0 Å². The lowest BCUT2D eigenvalue weighted by molar-refractivity contribution is -0.359. The highest BCUT2D eigenvalue weighted by Gasteiger charge is 2.50. The molecule has 0 aliphatic carbocycles. The van der Waals surface area contributed by atoms with E-state index in [9.17, 15) is 45.6 Å². The number of ether oxygens (including phenoxy) is 4. The predicted molar refractivity (Wildman–Crippen MR) is 226 cm³/mol. The third-order valence-corrected chi connectivity index (χ3v) is 10.5. The Morgan fingerprint density at radius 3 is 1.76 bits per heavy atom. The first-order valence-electron chi connectivity index (χ1n) is 22.0. The molecule has 0 aromatic heterocycles. The standard InChI is InChI=1S/C45H77NO13/c1-3-5-7-9-11-13-15-17-19-21-23-25-27-29-37(50)46-33(34(49)28-26-24-22-20-18-16-14-12-10-8-6-4-2)32-56-44-42(55)40(53)43(36(31-48)58-44)59-45-41(54)39(52)38(51)35(30-47)57-45/h5,7,11,13,17,19,23,25-26,28,33-36,38-45,47-49,51-55H,3-4,6,8-10,12,14-16,18,20-22,24,27,29-32H2,1-2H3,(H,46,50)/b7-5-,13-11-,19-17-,25-23-,28-26+. The lowest BCUT2D eigenvalue weighted by Gasteiger charge is -2.46. The molecule has 340 valence electrons. The maximum atomic E-state index is 13.0. The summed E-state index contributed by atoms with van der Waals surface area (Å²) in [6, 6.07) is -0.951. The van der Waals surface area contributed by atoms with E-state index in [1.54, 1.807) is 6.08 Å². The molecule has 0 saturated carbocycles. The Balaban J connectivity index is 1.96. The van der Waals surface area contributed by atoms with Crippen molar-refractivity contribution in [1.29, 1.82) is 0 Å². The van der Waals surface area contributed by atoms with Crippen LogP contribution in [0.15, 0.2) is 60.8 Å². The van der Waals surface area contributed by atoms with Gasteiger partial charge < -0.3 is 65.1 Å². The fourth-order valence-electron chi connectivity index (χ4n) is 6.83. The van der Waals surface area contributed by atoms with Crippen LogP contribution in [-0.2, 0) is 23.7 Å². The summed E-state index contributed by atoms with van der Waals surface area (Å²) in [5, 5.41) is 86.3. The zero-order valence-corrected chi connectivity index (χ0v) is 35.5. The van der Waals surface area contributed by atoms with Gasteiger partial charge in [0.15, 0.2) is 12.6 Å². The molecule has 0 radical (unpaired) electrons. The van der Waals surface area contributed by atoms with E-state index in [4.69, 9.17) is 18.9 Å². The van der Waals surface area contributed by atoms with Crippen molar-refractivity contribution in [2.75, 3.05) is 19.8 Å². The van der Waals surface area contributed by atoms with E-state index in [1.807, 2.05) is 18.2 Å². The molecule has 9 N–H and O–H groups in total. The second-order valence-corrected chi connectivity index (χ2v) is 15.4. The van der Waals surface area contributed by atoms with E-state index in [0.717, 1.165) is 51.4 Å². The minimum atomic E-state index is -1.79. The van der Waals surface area contributed by atoms with Crippen molar-refractivity contribution >= 4 is 5.91 Å². The number of aliphatic hydroxyl groups is 8. The highest BCUT2D eigenvalue weighted by atomic mass is 16.7. The van der Waals surface area contributed by atoms with Crippen molar-refractivity contribution in [3.05, 3.63) is 60.8 Å². The Morgan fingerprint density at radius 1 is 0.627 bits per heavy atom. The third-order valence-electron chi connectivity index (χ3n) is 10.5. The molecular formula is C45H77NO13. The van der Waals surface area contributed by atoms with Gasteiger partial charge in [-0.2, -0.15) is 0 Å². The summed E-state index contributed by atoms with van der Waals surface area (Å²) in [7, 11) is 0. The fraction of sp³-hybridized carbons (Fsp3) is 0.756. The van der Waals surface area contributed by atoms with Crippen LogP contribution >= 0.6 is 0 Å². The van der Waals surface area contributed by atoms with Crippen LogP contribution in [0.1, 0.15) is 123 Å². The van der Waals surface area contributed by atoms with Gasteiger partial charge in [-0.3, -0.25) is 4.79 Å². The Kier molecular flexibility index (Phi) is 29.0. The number of carbonyl (C=O) groups is 1. The average Bonchev–Trinajstić information content (AvgIpc) is 3.23. The largest absolute Gasteiger partial charge is 0.394 e. The van der Waals surface area contributed by atoms with Crippen LogP contribution < -0.4 is 5.32 Å². The fourth-order valence-corrected chi connectivity index (χ4v) is 6.83. The molecule has 14 nitrogen and oxygen atoms in total. The molecule has 12 unspecified atom stereocenters. The molecule has 0 aromatic rings. The van der Waals surface area contributed by atoms with Crippen LogP contribution in [0, 0.1) is 0 Å². The number of allylic oxidation sites excluding steroid dienone is 9. The number of nitrogens with one attached hydrogen (secondary N) is 1. The Hall–Kier alpha value is -2.31. The molecule has 2 aliphatic rings. The van der Waals surface area contributed by atoms with Crippen molar-refractivity contribution in [1.82, 2.24) is 5.32 Å². The van der Waals surface area contributed by atoms with Crippen LogP contribution in [-0.4, -0.2) is 140 Å². The first-order chi connectivity index (χ1) is 28.6. The van der Waals surface area contributed by atoms with Crippen LogP contribution in [0.2, 0.25) is 0 Å². The van der Waals surface area contributed by atoms with Crippen molar-refractivity contribution in [2.24, 2.45) is 0 Å². The number of carbonyl (C=O) groups excluding carboxylic acids is 1. The monoisotopic (exact) mass is 840 g/mol. The minimum Gasteiger partial charge on any atom is -0.394 e. The van der Waals surface area contributed by atoms with Crippen LogP contribution in [0.4, 0.5) is 0 Å². The lowest BCUT2D eigenvalue weighted by Crippen LogP contribution is -2.65. The molecule has 59 heavy (non-hydrogen) atoms. The molecule has 14 heteroatoms. The van der Waals surface area contributed by atoms with Crippen molar-refractivity contribution in [3.8, 4) is 0 Å². The van der Waals surface area contributed by atoms with Crippen LogP contribution in [0.25, 0.3) is 0 Å². The second kappa shape index (κ2) is 32.4. The quantitative estimate of drug-likeness (QED) is 0.0357. The van der Waals surface area contributed by atoms with Crippen molar-refractivity contribution < 1.29 is 64.6 Å². The number of aliphatic hydroxyl groups excluding tert-OH is 8. The van der Waals surface area contributed by atoms with Crippen molar-refractivity contribution in [2.45, 2.75) is 197 Å². The molecule has 2 saturated heterocycles. The maximum Gasteiger partial charge on any atom is 0.220 e. The smallest absolute Gasteiger partial charge is 0.220 e. The SMILES string of the molecule is CC/C=C\C/C=C\C/C=C\C/C=C\CCC(=O)NC(COC1OC(CO)C(OC2OC(CO)C(O)C(O)C2O)C(O)C1O)C(O)/C=C/CCCCCCCCCCCC. The number of hydrogen-bond donors (Lipinski definition) is 9. The second-order valence-electron chi connectivity index (χ2n) is 15.4. The summed E-state index contributed by atoms with van der Waals surface area (Å²) in [6.45, 7) is 2.56. The summed E-state index contributed by atoms with van der Waals surface area (Å²) in [5.74, 6) is -0.324. The summed E-state index contributed by atoms with van der Waals surface area (Å²) < 4.78 is 22.5. The van der Waals surface area contributed by atoms with Gasteiger partial charge in [-0.05, 0) is 44.9 Å². The molecule has 0 bridgehead atoms. The van der Waals surface area contributed by atoms with E-state index in [1.165, 1.54) is 44.9 Å². The summed E-state index contributed by atoms with van der Waals surface area (Å²) in [4.78, 5) is 13.0. The topological polar surface area (TPSA) is 228 Å². The molecule has 2 rings (SSSR count). The van der Waals surface area contributed by atoms with Gasteiger partial charge in [0, 0.05) is 6.42 Å². The normalized spacial score (nSPS) is 29.1. The first-order valence-corrected chi connectivity index (χ1v) is 22.0. The van der Waals surface area contributed by atoms with E-state index >= 15 is 0 Å². The van der Waals surface area contributed by atoms with Gasteiger partial charge in [-0.1, -0.05) is 132 Å². The maximum absolute atomic E-state index is 13.0. The molecule has 0 spiro atoms. The molecule has 0 aromatic carbocycles. The summed E-state index contributed by atoms with van der Waals surface area (Å²) in [5.41, 5.74) is 0. The number of unbranched alkanes of at least 4 members (excludes halogenated alkanes) is 10. The van der Waals surface area contributed by atoms with Crippen LogP contribution in [0.3, 0.4) is 0 Å². The molecule has 1 amide bonds. The van der Waals surface area contributed by atoms with E-state index in [0.29, 0.717) is 6.42 Å². The van der Waals surface area contributed by atoms with Crippen molar-refractivity contribution in [3.63, 3.8) is 0 Å². The molecule has 12 atom stereocenters. The van der Waals surface area contributed by atoms with Gasteiger partial charge in [0.25, 0.3) is 0 Å². The highest BCUT2D eigenvalue weighted by Crippen LogP contribution is 2.29. The van der Waals surface area contributed by atoms with Gasteiger partial charge in [0.1, 0.15) is 48.8 Å². The number of rotatable bonds is 31. The molecule has 2 heterocycles. The molecular weight excluding hydrogens is 762 g/mol. The Morgan fingerprint density at radius 2 is 1.17 bits per heavy atom. The highest BCUT2D eigenvalue weighted by molar-refractivity contribution is 5.76. The van der Waals surface area contributed by atoms with Gasteiger partial charge in [-0.15, -0.1) is 0 Å². The molecule has 2 aliphatic heterocycles. The van der Waals surface area contributed by atoms with Gasteiger partial charge in [0.2, 0.25) is 5.91 Å². The minimum absolute atomic E-state index is 0.157. The Labute approximate surface area is 352 Å². The van der Waals surface area contributed by atoms with E-state index in [2.05, 4.69) is 55.6 Å². The molecule has 2 fully saturated rings. The van der Waals surface area contributed by atoms with E-state index < -0.39 is 86.8 Å². The Bertz CT molecular complexity index is 1220. The summed E-state index contributed by atoms with van der Waals surface area (Å²) in [6.07, 6.45) is 20.0. The third kappa shape index (κ3) is 20.9. The first kappa shape index (κ1) is 52.8. The van der Waals surface area contributed by atoms with Gasteiger partial charge >= 0.3 is 0 Å². The zero-order valence-electron chi connectivity index (χ0n) is 35.5. The van der Waals surface area contributed by atoms with Gasteiger partial charge in [-0.25, -0.2) is 0 Å². The van der Waals surface area contributed by atoms with E-state index in [-0.39, 0.29) is 18.9 Å². The average molecular weight is 840 g/mol. The predicted octanol–water partition coefficient (Wildman–Crippen LogP) is 3.93. The summed E-state index contributed by atoms with van der Waals surface area (Å²) >= 11 is 0. The number of hydrogen-bond acceptors (Lipinski definition) is 13. The lowest BCUT2D eigenvalue weighted by atomic mass is 9.97.